The van der Waals surface area contributed by atoms with Crippen LogP contribution in [-0.2, 0) is 14.3 Å². The Morgan fingerprint density at radius 3 is 2.50 bits per heavy atom. The molecular weight excluding hydrogens is 228 g/mol. The molecule has 0 unspecified atom stereocenters. The van der Waals surface area contributed by atoms with Gasteiger partial charge in [-0.2, -0.15) is 8.42 Å². The average Bonchev–Trinajstić information content (AvgIpc) is 2.20. The lowest BCUT2D eigenvalue weighted by Crippen LogP contribution is -2.07. The summed E-state index contributed by atoms with van der Waals surface area (Å²) in [5.74, 6) is -0.299. The maximum atomic E-state index is 11.6. The summed E-state index contributed by atoms with van der Waals surface area (Å²) < 4.78 is 27.9. The van der Waals surface area contributed by atoms with Gasteiger partial charge in [-0.15, -0.1) is 6.58 Å². The smallest absolute Gasteiger partial charge is 0.300 e. The van der Waals surface area contributed by atoms with Gasteiger partial charge in [0.05, 0.1) is 6.61 Å². The molecule has 0 radical (unpaired) electrons. The molecule has 0 aliphatic heterocycles. The van der Waals surface area contributed by atoms with Gasteiger partial charge in [0, 0.05) is 0 Å². The Morgan fingerprint density at radius 2 is 1.94 bits per heavy atom. The van der Waals surface area contributed by atoms with Gasteiger partial charge in [-0.25, -0.2) is 0 Å². The normalized spacial score (nSPS) is 11.4. The summed E-state index contributed by atoms with van der Waals surface area (Å²) >= 11 is 0. The number of hydrogen-bond acceptors (Lipinski definition) is 4. The highest BCUT2D eigenvalue weighted by molar-refractivity contribution is 7.86. The van der Waals surface area contributed by atoms with Crippen LogP contribution >= 0.6 is 0 Å². The Labute approximate surface area is 95.3 Å². The number of aromatic hydroxyl groups is 1. The van der Waals surface area contributed by atoms with Crippen LogP contribution in [0.5, 0.6) is 5.75 Å². The first-order chi connectivity index (χ1) is 7.38. The largest absolute Gasteiger partial charge is 0.506 e. The number of hydrogen-bond donors (Lipinski definition) is 1. The third kappa shape index (κ3) is 2.62. The minimum Gasteiger partial charge on any atom is -0.506 e. The van der Waals surface area contributed by atoms with Crippen molar-refractivity contribution in [3.8, 4) is 5.75 Å². The summed E-state index contributed by atoms with van der Waals surface area (Å²) in [6.45, 7) is 6.80. The molecule has 4 nitrogen and oxygen atoms in total. The molecule has 88 valence electrons. The van der Waals surface area contributed by atoms with Gasteiger partial charge < -0.3 is 5.11 Å². The molecule has 1 N–H and O–H groups in total. The Bertz CT molecular complexity index is 503. The van der Waals surface area contributed by atoms with Crippen LogP contribution in [0.2, 0.25) is 0 Å². The monoisotopic (exact) mass is 242 g/mol. The number of aryl methyl sites for hydroxylation is 2. The molecule has 1 rings (SSSR count). The molecule has 0 aliphatic rings. The molecule has 0 aromatic heterocycles. The second-order valence-electron chi connectivity index (χ2n) is 3.43. The number of phenolic OH excluding ortho intramolecular Hbond substituents is 1. The quantitative estimate of drug-likeness (QED) is 0.647. The van der Waals surface area contributed by atoms with Crippen molar-refractivity contribution in [3.63, 3.8) is 0 Å². The van der Waals surface area contributed by atoms with E-state index in [1.165, 1.54) is 18.2 Å². The van der Waals surface area contributed by atoms with E-state index in [-0.39, 0.29) is 17.3 Å². The SMILES string of the molecule is C=CCOS(=O)(=O)c1cc(C)c(C)cc1O. The summed E-state index contributed by atoms with van der Waals surface area (Å²) in [5, 5.41) is 9.57. The van der Waals surface area contributed by atoms with Crippen molar-refractivity contribution in [2.45, 2.75) is 18.7 Å². The van der Waals surface area contributed by atoms with Crippen molar-refractivity contribution in [2.24, 2.45) is 0 Å². The standard InChI is InChI=1S/C11H14O4S/c1-4-5-15-16(13,14)11-7-9(3)8(2)6-10(11)12/h4,6-7,12H,1,5H2,2-3H3. The first kappa shape index (κ1) is 12.7. The molecule has 0 aliphatic carbocycles. The van der Waals surface area contributed by atoms with E-state index in [1.54, 1.807) is 13.8 Å². The summed E-state index contributed by atoms with van der Waals surface area (Å²) in [7, 11) is -3.91. The molecule has 0 heterocycles. The fraction of sp³-hybridized carbons (Fsp3) is 0.273. The van der Waals surface area contributed by atoms with Gasteiger partial charge in [-0.3, -0.25) is 4.18 Å². The zero-order valence-electron chi connectivity index (χ0n) is 9.23. The maximum Gasteiger partial charge on any atom is 0.300 e. The van der Waals surface area contributed by atoms with E-state index in [9.17, 15) is 13.5 Å². The van der Waals surface area contributed by atoms with Gasteiger partial charge >= 0.3 is 10.1 Å². The van der Waals surface area contributed by atoms with E-state index in [0.717, 1.165) is 11.1 Å². The summed E-state index contributed by atoms with van der Waals surface area (Å²) in [4.78, 5) is -0.211. The van der Waals surface area contributed by atoms with Crippen molar-refractivity contribution >= 4 is 10.1 Å². The average molecular weight is 242 g/mol. The highest BCUT2D eigenvalue weighted by Gasteiger charge is 2.20. The molecular formula is C11H14O4S. The van der Waals surface area contributed by atoms with Gasteiger partial charge in [0.2, 0.25) is 0 Å². The third-order valence-electron chi connectivity index (χ3n) is 2.19. The first-order valence-electron chi connectivity index (χ1n) is 4.69. The first-order valence-corrected chi connectivity index (χ1v) is 6.10. The van der Waals surface area contributed by atoms with Gasteiger partial charge in [0.1, 0.15) is 10.6 Å². The van der Waals surface area contributed by atoms with Crippen LogP contribution in [-0.4, -0.2) is 20.1 Å². The van der Waals surface area contributed by atoms with Crippen LogP contribution < -0.4 is 0 Å². The van der Waals surface area contributed by atoms with Gasteiger partial charge in [-0.05, 0) is 37.1 Å². The molecule has 0 saturated heterocycles. The van der Waals surface area contributed by atoms with Gasteiger partial charge in [0.25, 0.3) is 0 Å². The van der Waals surface area contributed by atoms with Gasteiger partial charge in [-0.1, -0.05) is 6.08 Å². The third-order valence-corrected chi connectivity index (χ3v) is 3.50. The molecule has 0 atom stereocenters. The predicted molar refractivity (Wildman–Crippen MR) is 60.9 cm³/mol. The minimum absolute atomic E-state index is 0.116. The molecule has 16 heavy (non-hydrogen) atoms. The Hall–Kier alpha value is -1.33. The molecule has 0 fully saturated rings. The number of benzene rings is 1. The van der Waals surface area contributed by atoms with E-state index < -0.39 is 10.1 Å². The van der Waals surface area contributed by atoms with E-state index in [2.05, 4.69) is 10.8 Å². The highest BCUT2D eigenvalue weighted by Crippen LogP contribution is 2.27. The lowest BCUT2D eigenvalue weighted by molar-refractivity contribution is 0.353. The predicted octanol–water partition coefficient (Wildman–Crippen LogP) is 1.90. The van der Waals surface area contributed by atoms with Crippen LogP contribution in [0.3, 0.4) is 0 Å². The van der Waals surface area contributed by atoms with Crippen molar-refractivity contribution < 1.29 is 17.7 Å². The second kappa shape index (κ2) is 4.67. The fourth-order valence-corrected chi connectivity index (χ4v) is 2.21. The molecule has 5 heteroatoms. The summed E-state index contributed by atoms with van der Waals surface area (Å²) in [6, 6.07) is 2.79. The molecule has 0 bridgehead atoms. The summed E-state index contributed by atoms with van der Waals surface area (Å²) in [5.41, 5.74) is 1.60. The topological polar surface area (TPSA) is 63.6 Å². The van der Waals surface area contributed by atoms with Crippen LogP contribution in [0.4, 0.5) is 0 Å². The van der Waals surface area contributed by atoms with Crippen LogP contribution in [0.1, 0.15) is 11.1 Å². The Morgan fingerprint density at radius 1 is 1.38 bits per heavy atom. The van der Waals surface area contributed by atoms with E-state index >= 15 is 0 Å². The fourth-order valence-electron chi connectivity index (χ4n) is 1.18. The molecule has 0 saturated carbocycles. The van der Waals surface area contributed by atoms with Crippen LogP contribution in [0, 0.1) is 13.8 Å². The van der Waals surface area contributed by atoms with Crippen molar-refractivity contribution in [1.29, 1.82) is 0 Å². The lowest BCUT2D eigenvalue weighted by Gasteiger charge is -2.08. The number of phenols is 1. The van der Waals surface area contributed by atoms with Crippen molar-refractivity contribution in [3.05, 3.63) is 35.9 Å². The minimum atomic E-state index is -3.91. The van der Waals surface area contributed by atoms with E-state index in [0.29, 0.717) is 0 Å². The molecule has 1 aromatic rings. The molecule has 1 aromatic carbocycles. The van der Waals surface area contributed by atoms with Crippen LogP contribution in [0.15, 0.2) is 29.7 Å². The van der Waals surface area contributed by atoms with Gasteiger partial charge in [0.15, 0.2) is 0 Å². The molecule has 0 amide bonds. The zero-order chi connectivity index (χ0) is 12.3. The van der Waals surface area contributed by atoms with E-state index in [4.69, 9.17) is 0 Å². The maximum absolute atomic E-state index is 11.6. The number of rotatable bonds is 4. The summed E-state index contributed by atoms with van der Waals surface area (Å²) in [6.07, 6.45) is 1.33. The Kier molecular flexibility index (Phi) is 3.72. The Balaban J connectivity index is 3.23. The zero-order valence-corrected chi connectivity index (χ0v) is 10.0. The lowest BCUT2D eigenvalue weighted by atomic mass is 10.1. The van der Waals surface area contributed by atoms with Crippen molar-refractivity contribution in [1.82, 2.24) is 0 Å². The van der Waals surface area contributed by atoms with Crippen molar-refractivity contribution in [2.75, 3.05) is 6.61 Å². The second-order valence-corrected chi connectivity index (χ2v) is 5.02. The molecule has 0 spiro atoms. The highest BCUT2D eigenvalue weighted by atomic mass is 32.2. The van der Waals surface area contributed by atoms with E-state index in [1.807, 2.05) is 0 Å². The van der Waals surface area contributed by atoms with Crippen LogP contribution in [0.25, 0.3) is 0 Å².